The van der Waals surface area contributed by atoms with E-state index in [0.717, 1.165) is 12.8 Å². The van der Waals surface area contributed by atoms with Gasteiger partial charge in [-0.2, -0.15) is 4.31 Å². The van der Waals surface area contributed by atoms with Gasteiger partial charge in [-0.15, -0.1) is 0 Å². The van der Waals surface area contributed by atoms with Crippen LogP contribution in [0.25, 0.3) is 0 Å². The lowest BCUT2D eigenvalue weighted by molar-refractivity contribution is -0.134. The second-order valence-corrected chi connectivity index (χ2v) is 9.74. The Hall–Kier alpha value is -1.15. The summed E-state index contributed by atoms with van der Waals surface area (Å²) < 4.78 is 27.0. The number of piperazine rings is 1. The molecule has 1 amide bonds. The highest BCUT2D eigenvalue weighted by Gasteiger charge is 2.32. The zero-order chi connectivity index (χ0) is 19.4. The molecule has 27 heavy (non-hydrogen) atoms. The van der Waals surface area contributed by atoms with E-state index in [1.807, 2.05) is 7.05 Å². The van der Waals surface area contributed by atoms with Gasteiger partial charge in [0, 0.05) is 32.2 Å². The fraction of sp³-hybridized carbons (Fsp3) is 0.632. The van der Waals surface area contributed by atoms with E-state index in [2.05, 4.69) is 4.90 Å². The Kier molecular flexibility index (Phi) is 6.78. The third-order valence-electron chi connectivity index (χ3n) is 5.63. The number of nitrogens with zero attached hydrogens (tertiary/aromatic N) is 3. The van der Waals surface area contributed by atoms with Gasteiger partial charge in [0.25, 0.3) is 0 Å². The lowest BCUT2D eigenvalue weighted by Gasteiger charge is -2.36. The van der Waals surface area contributed by atoms with Crippen molar-refractivity contribution in [2.24, 2.45) is 0 Å². The van der Waals surface area contributed by atoms with Crippen LogP contribution in [0.4, 0.5) is 0 Å². The van der Waals surface area contributed by atoms with Crippen molar-refractivity contribution >= 4 is 27.5 Å². The number of carbonyl (C=O) groups is 1. The number of likely N-dealkylation sites (N-methyl/N-ethyl adjacent to an activating group) is 1. The molecule has 0 atom stereocenters. The molecule has 6 nitrogen and oxygen atoms in total. The van der Waals surface area contributed by atoms with Crippen LogP contribution < -0.4 is 0 Å². The maximum atomic E-state index is 12.8. The lowest BCUT2D eigenvalue weighted by Crippen LogP contribution is -2.53. The van der Waals surface area contributed by atoms with E-state index in [4.69, 9.17) is 11.6 Å². The maximum Gasteiger partial charge on any atom is 0.244 e. The average molecular weight is 414 g/mol. The fourth-order valence-electron chi connectivity index (χ4n) is 3.94. The van der Waals surface area contributed by atoms with Crippen LogP contribution in [0.3, 0.4) is 0 Å². The summed E-state index contributed by atoms with van der Waals surface area (Å²) in [6.45, 7) is 1.84. The van der Waals surface area contributed by atoms with Gasteiger partial charge in [0.15, 0.2) is 0 Å². The Labute approximate surface area is 167 Å². The van der Waals surface area contributed by atoms with E-state index in [1.54, 1.807) is 23.1 Å². The van der Waals surface area contributed by atoms with Crippen LogP contribution in [-0.2, 0) is 14.8 Å². The Morgan fingerprint density at radius 3 is 2.37 bits per heavy atom. The number of benzene rings is 1. The number of rotatable bonds is 5. The van der Waals surface area contributed by atoms with Crippen LogP contribution >= 0.6 is 11.6 Å². The average Bonchev–Trinajstić information content (AvgIpc) is 2.69. The van der Waals surface area contributed by atoms with Crippen LogP contribution in [0.2, 0.25) is 5.02 Å². The van der Waals surface area contributed by atoms with Crippen molar-refractivity contribution in [2.45, 2.75) is 43.0 Å². The minimum absolute atomic E-state index is 0.0814. The quantitative estimate of drug-likeness (QED) is 0.743. The van der Waals surface area contributed by atoms with Crippen LogP contribution in [0.15, 0.2) is 29.2 Å². The van der Waals surface area contributed by atoms with Crippen molar-refractivity contribution < 1.29 is 13.2 Å². The van der Waals surface area contributed by atoms with Crippen LogP contribution in [0.5, 0.6) is 0 Å². The Bertz CT molecular complexity index is 757. The predicted molar refractivity (Wildman–Crippen MR) is 106 cm³/mol. The monoisotopic (exact) mass is 413 g/mol. The standard InChI is InChI=1S/C19H28ClN3O3S/c1-21(16-7-3-2-4-8-16)15-19(24)22-11-13-23(14-12-22)27(25,26)18-10-6-5-9-17(18)20/h5-6,9-10,16H,2-4,7-8,11-15H2,1H3. The zero-order valence-corrected chi connectivity index (χ0v) is 17.4. The molecule has 1 aliphatic heterocycles. The largest absolute Gasteiger partial charge is 0.339 e. The highest BCUT2D eigenvalue weighted by atomic mass is 35.5. The van der Waals surface area contributed by atoms with Crippen molar-refractivity contribution in [2.75, 3.05) is 39.8 Å². The molecule has 1 saturated heterocycles. The van der Waals surface area contributed by atoms with Gasteiger partial charge in [0.2, 0.25) is 15.9 Å². The Morgan fingerprint density at radius 2 is 1.74 bits per heavy atom. The van der Waals surface area contributed by atoms with Gasteiger partial charge < -0.3 is 4.90 Å². The molecule has 1 aliphatic carbocycles. The normalized spacial score (nSPS) is 20.2. The molecule has 0 aromatic heterocycles. The number of hydrogen-bond donors (Lipinski definition) is 0. The summed E-state index contributed by atoms with van der Waals surface area (Å²) in [4.78, 5) is 16.7. The van der Waals surface area contributed by atoms with Gasteiger partial charge in [-0.25, -0.2) is 8.42 Å². The summed E-state index contributed by atoms with van der Waals surface area (Å²) in [5.41, 5.74) is 0. The van der Waals surface area contributed by atoms with Gasteiger partial charge in [-0.1, -0.05) is 43.0 Å². The molecule has 0 bridgehead atoms. The molecule has 0 radical (unpaired) electrons. The molecule has 0 unspecified atom stereocenters. The predicted octanol–water partition coefficient (Wildman–Crippen LogP) is 2.44. The van der Waals surface area contributed by atoms with Crippen molar-refractivity contribution in [3.63, 3.8) is 0 Å². The van der Waals surface area contributed by atoms with E-state index >= 15 is 0 Å². The van der Waals surface area contributed by atoms with E-state index in [0.29, 0.717) is 38.8 Å². The lowest BCUT2D eigenvalue weighted by atomic mass is 9.94. The minimum atomic E-state index is -3.63. The van der Waals surface area contributed by atoms with Gasteiger partial charge in [0.1, 0.15) is 4.90 Å². The SMILES string of the molecule is CN(CC(=O)N1CCN(S(=O)(=O)c2ccccc2Cl)CC1)C1CCCCC1. The summed E-state index contributed by atoms with van der Waals surface area (Å²) in [5.74, 6) is 0.0814. The number of carbonyl (C=O) groups excluding carboxylic acids is 1. The summed E-state index contributed by atoms with van der Waals surface area (Å²) in [6, 6.07) is 6.97. The van der Waals surface area contributed by atoms with Gasteiger partial charge in [0.05, 0.1) is 11.6 Å². The molecular formula is C19H28ClN3O3S. The Balaban J connectivity index is 1.55. The second kappa shape index (κ2) is 8.90. The minimum Gasteiger partial charge on any atom is -0.339 e. The highest BCUT2D eigenvalue weighted by Crippen LogP contribution is 2.25. The summed E-state index contributed by atoms with van der Waals surface area (Å²) >= 11 is 6.06. The summed E-state index contributed by atoms with van der Waals surface area (Å²) in [6.07, 6.45) is 6.09. The van der Waals surface area contributed by atoms with Crippen LogP contribution in [0.1, 0.15) is 32.1 Å². The van der Waals surface area contributed by atoms with Gasteiger partial charge in [-0.05, 0) is 32.0 Å². The van der Waals surface area contributed by atoms with E-state index in [9.17, 15) is 13.2 Å². The molecule has 0 N–H and O–H groups in total. The topological polar surface area (TPSA) is 60.9 Å². The summed E-state index contributed by atoms with van der Waals surface area (Å²) in [7, 11) is -1.61. The highest BCUT2D eigenvalue weighted by molar-refractivity contribution is 7.89. The Morgan fingerprint density at radius 1 is 1.11 bits per heavy atom. The zero-order valence-electron chi connectivity index (χ0n) is 15.8. The maximum absolute atomic E-state index is 12.8. The molecule has 0 spiro atoms. The molecule has 150 valence electrons. The molecule has 2 fully saturated rings. The molecule has 1 saturated carbocycles. The van der Waals surface area contributed by atoms with E-state index in [1.165, 1.54) is 29.6 Å². The summed E-state index contributed by atoms with van der Waals surface area (Å²) in [5, 5.41) is 0.227. The molecule has 3 rings (SSSR count). The number of hydrogen-bond acceptors (Lipinski definition) is 4. The molecule has 1 aromatic carbocycles. The first-order chi connectivity index (χ1) is 12.9. The first-order valence-corrected chi connectivity index (χ1v) is 11.4. The van der Waals surface area contributed by atoms with E-state index in [-0.39, 0.29) is 15.8 Å². The van der Waals surface area contributed by atoms with Crippen LogP contribution in [-0.4, -0.2) is 74.2 Å². The first kappa shape index (κ1) is 20.6. The third-order valence-corrected chi connectivity index (χ3v) is 8.03. The van der Waals surface area contributed by atoms with Crippen molar-refractivity contribution in [1.82, 2.24) is 14.1 Å². The third kappa shape index (κ3) is 4.83. The smallest absolute Gasteiger partial charge is 0.244 e. The molecule has 8 heteroatoms. The molecular weight excluding hydrogens is 386 g/mol. The van der Waals surface area contributed by atoms with E-state index < -0.39 is 10.0 Å². The van der Waals surface area contributed by atoms with Crippen molar-refractivity contribution in [3.05, 3.63) is 29.3 Å². The van der Waals surface area contributed by atoms with Crippen LogP contribution in [0, 0.1) is 0 Å². The van der Waals surface area contributed by atoms with Gasteiger partial charge >= 0.3 is 0 Å². The van der Waals surface area contributed by atoms with Crippen molar-refractivity contribution in [3.8, 4) is 0 Å². The molecule has 2 aliphatic rings. The van der Waals surface area contributed by atoms with Gasteiger partial charge in [-0.3, -0.25) is 9.69 Å². The molecule has 1 heterocycles. The van der Waals surface area contributed by atoms with Crippen molar-refractivity contribution in [1.29, 1.82) is 0 Å². The number of amides is 1. The second-order valence-electron chi connectivity index (χ2n) is 7.42. The number of halogens is 1. The number of sulfonamides is 1. The molecule has 1 aromatic rings. The fourth-order valence-corrected chi connectivity index (χ4v) is 5.85. The first-order valence-electron chi connectivity index (χ1n) is 9.62.